The van der Waals surface area contributed by atoms with Gasteiger partial charge in [0, 0.05) is 93.2 Å². The molecule has 2 fully saturated rings. The van der Waals surface area contributed by atoms with Crippen LogP contribution < -0.4 is 35.9 Å². The van der Waals surface area contributed by atoms with Gasteiger partial charge in [0.05, 0.1) is 52.1 Å². The summed E-state index contributed by atoms with van der Waals surface area (Å²) < 4.78 is 359. The van der Waals surface area contributed by atoms with Gasteiger partial charge in [0.2, 0.25) is 0 Å². The molecule has 6 amide bonds. The first-order valence-electron chi connectivity index (χ1n) is 42.3. The molecule has 16 nitrogen and oxygen atoms in total. The molecule has 0 radical (unpaired) electrons. The van der Waals surface area contributed by atoms with Crippen molar-refractivity contribution in [2.75, 3.05) is 39.4 Å². The molecule has 0 spiro atoms. The number of hydrogen-bond acceptors (Lipinski definition) is 10. The van der Waals surface area contributed by atoms with E-state index in [0.29, 0.717) is 92.2 Å². The molecular formula is C101H78F24N6O10. The summed E-state index contributed by atoms with van der Waals surface area (Å²) in [6.07, 6.45) is -26.2. The van der Waals surface area contributed by atoms with Gasteiger partial charge in [-0.2, -0.15) is 57.1 Å². The van der Waals surface area contributed by atoms with Crippen molar-refractivity contribution in [1.82, 2.24) is 25.8 Å². The first-order chi connectivity index (χ1) is 66.2. The fourth-order valence-corrected chi connectivity index (χ4v) is 15.6. The highest BCUT2D eigenvalue weighted by Gasteiger charge is 2.48. The predicted octanol–water partition coefficient (Wildman–Crippen LogP) is 23.8. The summed E-state index contributed by atoms with van der Waals surface area (Å²) in [5.41, 5.74) is -9.43. The van der Waals surface area contributed by atoms with E-state index in [1.54, 1.807) is 66.7 Å². The Morgan fingerprint density at radius 2 is 0.709 bits per heavy atom. The van der Waals surface area contributed by atoms with Crippen LogP contribution in [0.15, 0.2) is 267 Å². The lowest BCUT2D eigenvalue weighted by molar-refractivity contribution is -0.253. The molecule has 0 bridgehead atoms. The zero-order chi connectivity index (χ0) is 103. The molecule has 12 aromatic rings. The van der Waals surface area contributed by atoms with Crippen LogP contribution in [0.1, 0.15) is 146 Å². The van der Waals surface area contributed by atoms with E-state index in [9.17, 15) is 112 Å². The first kappa shape index (κ1) is 105. The van der Waals surface area contributed by atoms with Crippen LogP contribution >= 0.6 is 0 Å². The third-order valence-electron chi connectivity index (χ3n) is 22.6. The molecule has 0 aromatic heterocycles. The number of nitrogens with one attached hydrogen (secondary N) is 3. The average Bonchev–Trinajstić information content (AvgIpc) is 1.31. The number of benzene rings is 12. The van der Waals surface area contributed by atoms with E-state index in [4.69, 9.17) is 19.9 Å². The molecule has 141 heavy (non-hydrogen) atoms. The highest BCUT2D eigenvalue weighted by Crippen LogP contribution is 2.46. The lowest BCUT2D eigenvalue weighted by atomic mass is 9.77. The van der Waals surface area contributed by atoms with Gasteiger partial charge < -0.3 is 50.4 Å². The van der Waals surface area contributed by atoms with Crippen LogP contribution in [0.25, 0.3) is 0 Å². The number of amides is 6. The standard InChI is InChI=1S/C35H29F7N2O4.C35H29F7N2O3.C31H20F10N2O3/c1-33(38,39)24-9-5-8-23(16-24)31(45)43-34(21-22-6-3-2-4-7-22,26-17-27(35(40,41)42)19-28(36)18-26)25-10-11-29(37)30(20-25)48-32(46)44-12-14-47-15-13-44;1-33(38,39)24-11-7-10-23(16-24)31(45)43-34(21-22-8-3-2-4-9-22,26-17-27(35(40,41)42)19-28(36)18-26)25-12-13-29(37)30(20-25)47-32(46)44-14-5-6-15-44;32-20-11-19(12-21(14-20)46-31(40,41)28(35)36)29(15-16-4-2-1-3-5-16,18-7-9-24(33)22(13-18)26(42)44)43-27(45)17-6-8-25(34)23(10-17)30(37,38)39/h2-11,16-20H,12-15,21H2,1H3,(H,43,45);2-4,7-13,16-20H,5-6,14-15,21H2,1H3,(H,43,45);1-14,28H,15H2,(H2,42,44)(H,43,45)/t2*34-;/m11./s1. The minimum Gasteiger partial charge on any atom is -0.428 e. The summed E-state index contributed by atoms with van der Waals surface area (Å²) >= 11 is 0. The Balaban J connectivity index is 0.000000189. The molecule has 0 aliphatic carbocycles. The van der Waals surface area contributed by atoms with Crippen molar-refractivity contribution < 1.29 is 153 Å². The number of rotatable bonds is 26. The van der Waals surface area contributed by atoms with E-state index in [-0.39, 0.29) is 84.7 Å². The molecule has 740 valence electrons. The molecule has 0 saturated carbocycles. The lowest BCUT2D eigenvalue weighted by Gasteiger charge is -2.37. The Kier molecular flexibility index (Phi) is 31.9. The number of carbonyl (C=O) groups is 6. The summed E-state index contributed by atoms with van der Waals surface area (Å²) in [5.74, 6) is -22.5. The number of hydrogen-bond donors (Lipinski definition) is 4. The largest absolute Gasteiger partial charge is 0.461 e. The second kappa shape index (κ2) is 42.9. The quantitative estimate of drug-likeness (QED) is 0.0377. The average molecular weight is 1990 g/mol. The minimum atomic E-state index is -5.24. The van der Waals surface area contributed by atoms with Crippen molar-refractivity contribution in [1.29, 1.82) is 0 Å². The lowest BCUT2D eigenvalue weighted by Crippen LogP contribution is -2.49. The Labute approximate surface area is 787 Å². The number of primary amides is 1. The normalized spacial score (nSPS) is 14.4. The Morgan fingerprint density at radius 3 is 1.09 bits per heavy atom. The van der Waals surface area contributed by atoms with Crippen LogP contribution in [-0.2, 0) is 71.0 Å². The second-order valence-corrected chi connectivity index (χ2v) is 32.7. The van der Waals surface area contributed by atoms with Crippen molar-refractivity contribution in [2.45, 2.75) is 105 Å². The van der Waals surface area contributed by atoms with Crippen molar-refractivity contribution >= 4 is 35.8 Å². The summed E-state index contributed by atoms with van der Waals surface area (Å²) in [5, 5.41) is 7.73. The maximum absolute atomic E-state index is 15.2. The van der Waals surface area contributed by atoms with Gasteiger partial charge in [-0.25, -0.2) is 57.9 Å². The number of alkyl halides is 17. The number of nitrogens with zero attached hydrogens (tertiary/aromatic N) is 2. The highest BCUT2D eigenvalue weighted by molar-refractivity contribution is 5.98. The van der Waals surface area contributed by atoms with Gasteiger partial charge >= 0.3 is 43.2 Å². The third kappa shape index (κ3) is 25.8. The smallest absolute Gasteiger partial charge is 0.428 e. The van der Waals surface area contributed by atoms with Crippen LogP contribution in [-0.4, -0.2) is 97.5 Å². The van der Waals surface area contributed by atoms with Gasteiger partial charge in [-0.15, -0.1) is 0 Å². The molecule has 2 saturated heterocycles. The zero-order valence-electron chi connectivity index (χ0n) is 73.4. The monoisotopic (exact) mass is 1990 g/mol. The topological polar surface area (TPSA) is 208 Å². The van der Waals surface area contributed by atoms with Crippen molar-refractivity contribution in [3.63, 3.8) is 0 Å². The SMILES string of the molecule is CC(F)(F)c1cccc(C(=O)N[C@@](Cc2ccccc2)(c2cc(F)cc(C(F)(F)F)c2)c2ccc(F)c(OC(=O)N3CCCC3)c2)c1.CC(F)(F)c1cccc(C(=O)N[C@@](Cc2ccccc2)(c2cc(F)cc(C(F)(F)F)c2)c2ccc(F)c(OC(=O)N3CCOCC3)c2)c1.NC(=O)c1cc(C(Cc2ccccc2)(NC(=O)c2ccc(F)c(C(F)(F)F)c2)c2cc(F)cc(OC(F)(F)C(F)F)c2)ccc1F. The van der Waals surface area contributed by atoms with E-state index in [1.807, 2.05) is 0 Å². The highest BCUT2D eigenvalue weighted by atomic mass is 19.4. The number of nitrogens with two attached hydrogens (primary N) is 1. The molecule has 12 aromatic carbocycles. The van der Waals surface area contributed by atoms with Crippen LogP contribution in [0.4, 0.5) is 115 Å². The van der Waals surface area contributed by atoms with Crippen molar-refractivity contribution in [3.8, 4) is 17.2 Å². The summed E-state index contributed by atoms with van der Waals surface area (Å²) in [7, 11) is 0. The van der Waals surface area contributed by atoms with E-state index < -0.39 is 210 Å². The van der Waals surface area contributed by atoms with Gasteiger partial charge in [0.15, 0.2) is 23.1 Å². The van der Waals surface area contributed by atoms with Crippen LogP contribution in [0, 0.1) is 40.7 Å². The molecule has 3 atom stereocenters. The minimum absolute atomic E-state index is 0.0731. The Morgan fingerprint density at radius 1 is 0.355 bits per heavy atom. The van der Waals surface area contributed by atoms with Crippen molar-refractivity contribution in [2.24, 2.45) is 5.73 Å². The Hall–Kier alpha value is -14.9. The molecule has 2 heterocycles. The number of halogens is 24. The van der Waals surface area contributed by atoms with E-state index in [2.05, 4.69) is 20.7 Å². The molecule has 14 rings (SSSR count). The van der Waals surface area contributed by atoms with Gasteiger partial charge in [0.25, 0.3) is 35.5 Å². The van der Waals surface area contributed by atoms with Gasteiger partial charge in [-0.3, -0.25) is 19.2 Å². The van der Waals surface area contributed by atoms with Gasteiger partial charge in [0.1, 0.15) is 34.8 Å². The van der Waals surface area contributed by atoms with Crippen LogP contribution in [0.3, 0.4) is 0 Å². The molecule has 1 unspecified atom stereocenters. The Bertz CT molecular complexity index is 6560. The van der Waals surface area contributed by atoms with Gasteiger partial charge in [-0.05, 0) is 190 Å². The summed E-state index contributed by atoms with van der Waals surface area (Å²) in [6.45, 7) is 2.79. The summed E-state index contributed by atoms with van der Waals surface area (Å²) in [4.78, 5) is 81.9. The number of morpholine rings is 1. The number of carbonyl (C=O) groups excluding carboxylic acids is 6. The molecule has 40 heteroatoms. The molecule has 5 N–H and O–H groups in total. The predicted molar refractivity (Wildman–Crippen MR) is 462 cm³/mol. The van der Waals surface area contributed by atoms with E-state index in [0.717, 1.165) is 97.8 Å². The van der Waals surface area contributed by atoms with Crippen LogP contribution in [0.5, 0.6) is 17.2 Å². The summed E-state index contributed by atoms with van der Waals surface area (Å²) in [6, 6.07) is 47.9. The fourth-order valence-electron chi connectivity index (χ4n) is 15.6. The number of ether oxygens (including phenoxy) is 4. The van der Waals surface area contributed by atoms with Gasteiger partial charge in [-0.1, -0.05) is 133 Å². The number of likely N-dealkylation sites (tertiary alicyclic amines) is 1. The maximum Gasteiger partial charge on any atom is 0.461 e. The second-order valence-electron chi connectivity index (χ2n) is 32.7. The maximum atomic E-state index is 15.2. The fraction of sp³-hybridized carbons (Fsp3) is 0.228. The van der Waals surface area contributed by atoms with E-state index in [1.165, 1.54) is 64.4 Å². The first-order valence-corrected chi connectivity index (χ1v) is 42.3. The molecule has 2 aliphatic rings. The third-order valence-corrected chi connectivity index (χ3v) is 22.6. The zero-order valence-corrected chi connectivity index (χ0v) is 73.4. The molecular weight excluding hydrogens is 1910 g/mol. The van der Waals surface area contributed by atoms with Crippen molar-refractivity contribution in [3.05, 3.63) is 408 Å². The van der Waals surface area contributed by atoms with Crippen LogP contribution in [0.2, 0.25) is 0 Å². The molecule has 2 aliphatic heterocycles. The van der Waals surface area contributed by atoms with E-state index >= 15 is 22.0 Å².